The lowest BCUT2D eigenvalue weighted by molar-refractivity contribution is -0.137. The van der Waals surface area contributed by atoms with E-state index in [4.69, 9.17) is 14.0 Å². The molecule has 0 atom stereocenters. The molecule has 1 aliphatic heterocycles. The molecule has 0 bridgehead atoms. The van der Waals surface area contributed by atoms with Gasteiger partial charge in [-0.2, -0.15) is 13.2 Å². The number of carbonyl (C=O) groups excluding carboxylic acids is 1. The summed E-state index contributed by atoms with van der Waals surface area (Å²) in [5.41, 5.74) is 1.98. The molecule has 0 unspecified atom stereocenters. The van der Waals surface area contributed by atoms with Gasteiger partial charge in [0, 0.05) is 18.0 Å². The second-order valence-corrected chi connectivity index (χ2v) is 11.2. The second kappa shape index (κ2) is 10.7. The van der Waals surface area contributed by atoms with Gasteiger partial charge in [0.25, 0.3) is 0 Å². The van der Waals surface area contributed by atoms with E-state index >= 15 is 0 Å². The number of benzene rings is 3. The van der Waals surface area contributed by atoms with E-state index in [1.54, 1.807) is 0 Å². The number of hydrogen-bond donors (Lipinski definition) is 1. The zero-order chi connectivity index (χ0) is 29.6. The summed E-state index contributed by atoms with van der Waals surface area (Å²) in [6.07, 6.45) is -4.05. The summed E-state index contributed by atoms with van der Waals surface area (Å²) in [6.45, 7) is 7.30. The van der Waals surface area contributed by atoms with Crippen molar-refractivity contribution in [2.75, 3.05) is 13.2 Å². The first-order chi connectivity index (χ1) is 19.3. The molecular formula is C31H30BF4NO4. The van der Waals surface area contributed by atoms with Gasteiger partial charge < -0.3 is 19.4 Å². The maximum Gasteiger partial charge on any atom is 0.492 e. The molecule has 1 amide bonds. The molecule has 1 N–H and O–H groups in total. The van der Waals surface area contributed by atoms with E-state index in [0.29, 0.717) is 11.5 Å². The Bertz CT molecular complexity index is 1440. The highest BCUT2D eigenvalue weighted by Gasteiger charge is 2.52. The highest BCUT2D eigenvalue weighted by Crippen LogP contribution is 2.44. The van der Waals surface area contributed by atoms with E-state index in [1.165, 1.54) is 6.08 Å². The molecular weight excluding hydrogens is 537 g/mol. The summed E-state index contributed by atoms with van der Waals surface area (Å²) < 4.78 is 71.7. The minimum absolute atomic E-state index is 0.1000. The van der Waals surface area contributed by atoms with Crippen LogP contribution < -0.4 is 5.32 Å². The van der Waals surface area contributed by atoms with Gasteiger partial charge in [0.15, 0.2) is 0 Å². The Labute approximate surface area is 236 Å². The maximum atomic E-state index is 14.7. The molecule has 10 heteroatoms. The summed E-state index contributed by atoms with van der Waals surface area (Å²) in [4.78, 5) is 12.8. The smallest absolute Gasteiger partial charge is 0.449 e. The van der Waals surface area contributed by atoms with E-state index in [0.717, 1.165) is 34.4 Å². The van der Waals surface area contributed by atoms with Crippen LogP contribution in [0.25, 0.3) is 17.2 Å². The van der Waals surface area contributed by atoms with Gasteiger partial charge in [-0.25, -0.2) is 9.18 Å². The lowest BCUT2D eigenvalue weighted by Crippen LogP contribution is -2.41. The summed E-state index contributed by atoms with van der Waals surface area (Å²) in [6, 6.07) is 18.2. The van der Waals surface area contributed by atoms with Crippen LogP contribution in [-0.4, -0.2) is 37.6 Å². The van der Waals surface area contributed by atoms with Gasteiger partial charge in [-0.15, -0.1) is 0 Å². The first-order valence-corrected chi connectivity index (χ1v) is 13.3. The van der Waals surface area contributed by atoms with E-state index in [9.17, 15) is 22.4 Å². The van der Waals surface area contributed by atoms with Crippen LogP contribution in [-0.2, 0) is 20.2 Å². The molecule has 3 aromatic rings. The SMILES string of the molecule is CC1(C)OB(C(=Cc2ccc(C(F)(F)F)cc2F)CNC(=O)OCC2c3ccccc3-c3ccccc32)OC1(C)C. The standard InChI is InChI=1S/C31H30BF4NO4/c1-29(2)30(3,4)41-32(40-29)21(15-19-13-14-20(16-27(19)33)31(34,35)36)17-37-28(38)39-18-26-24-11-7-5-9-22(24)23-10-6-8-12-25(23)26/h5-16,26H,17-18H2,1-4H3,(H,37,38). The fraction of sp³-hybridized carbons (Fsp3) is 0.323. The van der Waals surface area contributed by atoms with Crippen molar-refractivity contribution in [3.05, 3.63) is 100 Å². The Morgan fingerprint density at radius 1 is 0.951 bits per heavy atom. The predicted octanol–water partition coefficient (Wildman–Crippen LogP) is 7.40. The lowest BCUT2D eigenvalue weighted by Gasteiger charge is -2.32. The van der Waals surface area contributed by atoms with Crippen LogP contribution in [0.1, 0.15) is 55.9 Å². The van der Waals surface area contributed by atoms with Crippen LogP contribution in [0.15, 0.2) is 72.2 Å². The Hall–Kier alpha value is -3.63. The summed E-state index contributed by atoms with van der Waals surface area (Å²) in [5, 5.41) is 2.67. The Kier molecular flexibility index (Phi) is 7.50. The zero-order valence-corrected chi connectivity index (χ0v) is 23.1. The van der Waals surface area contributed by atoms with Crippen molar-refractivity contribution in [2.24, 2.45) is 0 Å². The fourth-order valence-electron chi connectivity index (χ4n) is 5.04. The lowest BCUT2D eigenvalue weighted by atomic mass is 9.77. The average Bonchev–Trinajstić information content (AvgIpc) is 3.34. The van der Waals surface area contributed by atoms with Crippen LogP contribution in [0.5, 0.6) is 0 Å². The number of carbonyl (C=O) groups is 1. The number of alkyl carbamates (subject to hydrolysis) is 1. The fourth-order valence-corrected chi connectivity index (χ4v) is 5.04. The summed E-state index contributed by atoms with van der Waals surface area (Å²) >= 11 is 0. The zero-order valence-electron chi connectivity index (χ0n) is 23.1. The summed E-state index contributed by atoms with van der Waals surface area (Å²) in [7, 11) is -0.976. The molecule has 5 rings (SSSR count). The summed E-state index contributed by atoms with van der Waals surface area (Å²) in [5.74, 6) is -1.19. The van der Waals surface area contributed by atoms with Crippen molar-refractivity contribution >= 4 is 19.3 Å². The molecule has 5 nitrogen and oxygen atoms in total. The Balaban J connectivity index is 1.33. The molecule has 1 saturated heterocycles. The van der Waals surface area contributed by atoms with E-state index in [-0.39, 0.29) is 24.6 Å². The van der Waals surface area contributed by atoms with Crippen LogP contribution in [0, 0.1) is 5.82 Å². The van der Waals surface area contributed by atoms with Crippen LogP contribution in [0.2, 0.25) is 0 Å². The minimum atomic E-state index is -4.68. The molecule has 2 aliphatic rings. The van der Waals surface area contributed by atoms with Gasteiger partial charge in [-0.05, 0) is 67.6 Å². The highest BCUT2D eigenvalue weighted by atomic mass is 19.4. The van der Waals surface area contributed by atoms with E-state index < -0.39 is 42.0 Å². The maximum absolute atomic E-state index is 14.7. The normalized spacial score (nSPS) is 17.8. The predicted molar refractivity (Wildman–Crippen MR) is 149 cm³/mol. The number of alkyl halides is 3. The quantitative estimate of drug-likeness (QED) is 0.249. The number of ether oxygens (including phenoxy) is 1. The average molecular weight is 567 g/mol. The number of nitrogens with one attached hydrogen (secondary N) is 1. The molecule has 0 saturated carbocycles. The van der Waals surface area contributed by atoms with Crippen molar-refractivity contribution < 1.29 is 36.4 Å². The van der Waals surface area contributed by atoms with Gasteiger partial charge in [0.2, 0.25) is 0 Å². The molecule has 0 spiro atoms. The van der Waals surface area contributed by atoms with Crippen LogP contribution in [0.4, 0.5) is 22.4 Å². The first-order valence-electron chi connectivity index (χ1n) is 13.3. The molecule has 41 heavy (non-hydrogen) atoms. The number of amides is 1. The Morgan fingerprint density at radius 2 is 1.51 bits per heavy atom. The molecule has 0 aromatic heterocycles. The Morgan fingerprint density at radius 3 is 2.05 bits per heavy atom. The molecule has 1 fully saturated rings. The number of rotatable bonds is 6. The first kappa shape index (κ1) is 28.9. The molecule has 1 aliphatic carbocycles. The molecule has 0 radical (unpaired) electrons. The van der Waals surface area contributed by atoms with Crippen LogP contribution in [0.3, 0.4) is 0 Å². The third-order valence-corrected chi connectivity index (χ3v) is 8.01. The van der Waals surface area contributed by atoms with Gasteiger partial charge >= 0.3 is 19.4 Å². The number of fused-ring (bicyclic) bond motifs is 3. The largest absolute Gasteiger partial charge is 0.492 e. The van der Waals surface area contributed by atoms with Gasteiger partial charge in [-0.3, -0.25) is 0 Å². The van der Waals surface area contributed by atoms with Crippen molar-refractivity contribution in [3.8, 4) is 11.1 Å². The van der Waals surface area contributed by atoms with Crippen molar-refractivity contribution in [2.45, 2.75) is 51.0 Å². The van der Waals surface area contributed by atoms with Crippen molar-refractivity contribution in [1.82, 2.24) is 5.32 Å². The monoisotopic (exact) mass is 567 g/mol. The highest BCUT2D eigenvalue weighted by molar-refractivity contribution is 6.56. The molecule has 214 valence electrons. The second-order valence-electron chi connectivity index (χ2n) is 11.2. The van der Waals surface area contributed by atoms with Crippen LogP contribution >= 0.6 is 0 Å². The third kappa shape index (κ3) is 5.76. The third-order valence-electron chi connectivity index (χ3n) is 8.01. The van der Waals surface area contributed by atoms with Gasteiger partial charge in [-0.1, -0.05) is 60.7 Å². The van der Waals surface area contributed by atoms with E-state index in [2.05, 4.69) is 5.32 Å². The molecule has 1 heterocycles. The molecule has 3 aromatic carbocycles. The van der Waals surface area contributed by atoms with Crippen molar-refractivity contribution in [1.29, 1.82) is 0 Å². The topological polar surface area (TPSA) is 56.8 Å². The van der Waals surface area contributed by atoms with E-state index in [1.807, 2.05) is 76.2 Å². The number of hydrogen-bond acceptors (Lipinski definition) is 4. The van der Waals surface area contributed by atoms with Gasteiger partial charge in [0.1, 0.15) is 12.4 Å². The van der Waals surface area contributed by atoms with Gasteiger partial charge in [0.05, 0.1) is 16.8 Å². The minimum Gasteiger partial charge on any atom is -0.449 e. The van der Waals surface area contributed by atoms with Crippen molar-refractivity contribution in [3.63, 3.8) is 0 Å². The number of halogens is 4.